The van der Waals surface area contributed by atoms with Gasteiger partial charge in [-0.3, -0.25) is 0 Å². The van der Waals surface area contributed by atoms with E-state index in [9.17, 15) is 0 Å². The fraction of sp³-hybridized carbons (Fsp3) is 0.154. The fourth-order valence-corrected chi connectivity index (χ4v) is 28.4. The average molecular weight is 1920 g/mol. The summed E-state index contributed by atoms with van der Waals surface area (Å²) in [4.78, 5) is 2.39. The second-order valence-electron chi connectivity index (χ2n) is 48.2. The monoisotopic (exact) mass is 1920 g/mol. The molecule has 0 spiro atoms. The Morgan fingerprint density at radius 2 is 0.480 bits per heavy atom. The maximum Gasteiger partial charge on any atom is 0.0465 e. The van der Waals surface area contributed by atoms with Gasteiger partial charge in [-0.1, -0.05) is 454 Å². The predicted molar refractivity (Wildman–Crippen MR) is 642 cm³/mol. The highest BCUT2D eigenvalue weighted by atomic mass is 15.1. The summed E-state index contributed by atoms with van der Waals surface area (Å²) in [6.07, 6.45) is 0. The summed E-state index contributed by atoms with van der Waals surface area (Å²) in [6.45, 7) is 39.6. The van der Waals surface area contributed by atoms with Crippen LogP contribution in [0.15, 0.2) is 400 Å². The van der Waals surface area contributed by atoms with Crippen LogP contribution in [-0.2, 0) is 32.5 Å². The van der Waals surface area contributed by atoms with Gasteiger partial charge in [0.1, 0.15) is 0 Å². The van der Waals surface area contributed by atoms with Crippen LogP contribution in [0.4, 0.5) is 17.1 Å². The highest BCUT2D eigenvalue weighted by Crippen LogP contribution is 2.64. The van der Waals surface area contributed by atoms with E-state index < -0.39 is 0 Å². The van der Waals surface area contributed by atoms with E-state index in [2.05, 4.69) is 523 Å². The van der Waals surface area contributed by atoms with Crippen molar-refractivity contribution in [2.24, 2.45) is 0 Å². The predicted octanol–water partition coefficient (Wildman–Crippen LogP) is 41.5. The van der Waals surface area contributed by atoms with Crippen molar-refractivity contribution in [3.05, 3.63) is 473 Å². The molecule has 0 saturated carbocycles. The average Bonchev–Trinajstić information content (AvgIpc) is 1.48. The van der Waals surface area contributed by atoms with Crippen LogP contribution < -0.4 is 4.90 Å². The lowest BCUT2D eigenvalue weighted by atomic mass is 9.67. The van der Waals surface area contributed by atoms with Gasteiger partial charge in [0.05, 0.1) is 0 Å². The normalized spacial score (nSPS) is 14.4. The third kappa shape index (κ3) is 12.8. The van der Waals surface area contributed by atoms with Crippen molar-refractivity contribution in [1.29, 1.82) is 0 Å². The lowest BCUT2D eigenvalue weighted by Crippen LogP contribution is -2.24. The Bertz CT molecular complexity index is 9940. The van der Waals surface area contributed by atoms with Crippen molar-refractivity contribution in [1.82, 2.24) is 0 Å². The van der Waals surface area contributed by atoms with E-state index in [1.165, 1.54) is 331 Å². The van der Waals surface area contributed by atoms with Gasteiger partial charge in [0.2, 0.25) is 0 Å². The number of fused-ring (bicyclic) bond motifs is 21. The topological polar surface area (TPSA) is 3.24 Å². The molecule has 0 radical (unpaired) electrons. The first-order chi connectivity index (χ1) is 72.4. The molecule has 1 heteroatoms. The highest BCUT2D eigenvalue weighted by Gasteiger charge is 2.44. The first-order valence-electron chi connectivity index (χ1n) is 54.0. The van der Waals surface area contributed by atoms with Gasteiger partial charge in [-0.15, -0.1) is 0 Å². The van der Waals surface area contributed by atoms with Crippen LogP contribution in [0, 0.1) is 20.8 Å². The lowest BCUT2D eigenvalue weighted by molar-refractivity contribution is 0.590. The van der Waals surface area contributed by atoms with Gasteiger partial charge < -0.3 is 4.90 Å². The number of aryl methyl sites for hydroxylation is 3. The molecule has 0 aromatic heterocycles. The molecule has 718 valence electrons. The quantitative estimate of drug-likeness (QED) is 0.155. The minimum Gasteiger partial charge on any atom is -0.310 e. The first kappa shape index (κ1) is 89.8. The van der Waals surface area contributed by atoms with E-state index in [1.54, 1.807) is 0 Å². The molecule has 1 nitrogen and oxygen atoms in total. The van der Waals surface area contributed by atoms with E-state index in [0.717, 1.165) is 0 Å². The van der Waals surface area contributed by atoms with E-state index in [1.807, 2.05) is 0 Å². The Morgan fingerprint density at radius 3 is 0.913 bits per heavy atom. The van der Waals surface area contributed by atoms with E-state index in [4.69, 9.17) is 0 Å². The van der Waals surface area contributed by atoms with Crippen molar-refractivity contribution in [2.45, 2.75) is 150 Å². The van der Waals surface area contributed by atoms with Gasteiger partial charge in [-0.05, 0) is 389 Å². The summed E-state index contributed by atoms with van der Waals surface area (Å²) < 4.78 is 0. The lowest BCUT2D eigenvalue weighted by Gasteiger charge is -2.37. The molecule has 32 rings (SSSR count). The first-order valence-corrected chi connectivity index (χ1v) is 54.0. The summed E-state index contributed by atoms with van der Waals surface area (Å²) in [5.74, 6) is 0. The fourth-order valence-electron chi connectivity index (χ4n) is 28.4. The Morgan fingerprint density at radius 1 is 0.167 bits per heavy atom. The van der Waals surface area contributed by atoms with Crippen LogP contribution in [0.2, 0.25) is 0 Å². The maximum atomic E-state index is 2.50. The molecule has 0 unspecified atom stereocenters. The van der Waals surface area contributed by atoms with Gasteiger partial charge in [0.15, 0.2) is 0 Å². The van der Waals surface area contributed by atoms with Crippen molar-refractivity contribution in [3.8, 4) is 156 Å². The zero-order valence-electron chi connectivity index (χ0n) is 88.6. The molecule has 0 N–H and O–H groups in total. The summed E-state index contributed by atoms with van der Waals surface area (Å²) in [5, 5.41) is 22.2. The molecule has 150 heavy (non-hydrogen) atoms. The smallest absolute Gasteiger partial charge is 0.0465 e. The summed E-state index contributed by atoms with van der Waals surface area (Å²) in [7, 11) is 0. The molecular formula is C149H117N. The van der Waals surface area contributed by atoms with Crippen molar-refractivity contribution in [3.63, 3.8) is 0 Å². The molecule has 24 aromatic carbocycles. The Hall–Kier alpha value is -16.6. The zero-order chi connectivity index (χ0) is 102. The van der Waals surface area contributed by atoms with E-state index in [0.29, 0.717) is 0 Å². The van der Waals surface area contributed by atoms with Crippen LogP contribution in [0.25, 0.3) is 242 Å². The van der Waals surface area contributed by atoms with Crippen molar-refractivity contribution < 1.29 is 0 Å². The van der Waals surface area contributed by atoms with Crippen LogP contribution in [0.1, 0.15) is 169 Å². The summed E-state index contributed by atoms with van der Waals surface area (Å²) >= 11 is 0. The number of benzene rings is 24. The third-order valence-electron chi connectivity index (χ3n) is 36.2. The third-order valence-corrected chi connectivity index (χ3v) is 36.2. The van der Waals surface area contributed by atoms with E-state index in [-0.39, 0.29) is 32.5 Å². The Kier molecular flexibility index (Phi) is 19.0. The van der Waals surface area contributed by atoms with Gasteiger partial charge in [-0.25, -0.2) is 0 Å². The van der Waals surface area contributed by atoms with E-state index >= 15 is 0 Å². The number of anilines is 3. The largest absolute Gasteiger partial charge is 0.310 e. The molecule has 0 bridgehead atoms. The van der Waals surface area contributed by atoms with Gasteiger partial charge >= 0.3 is 0 Å². The minimum atomic E-state index is -0.160. The number of nitrogens with zero attached hydrogens (tertiary/aromatic N) is 1. The number of hydrogen-bond acceptors (Lipinski definition) is 1. The van der Waals surface area contributed by atoms with Crippen LogP contribution in [0.3, 0.4) is 0 Å². The molecule has 0 fully saturated rings. The molecular weight excluding hydrogens is 1800 g/mol. The number of rotatable bonds is 5. The maximum absolute atomic E-state index is 2.50. The van der Waals surface area contributed by atoms with Crippen molar-refractivity contribution in [2.75, 3.05) is 4.90 Å². The second-order valence-corrected chi connectivity index (χ2v) is 48.2. The van der Waals surface area contributed by atoms with Gasteiger partial charge in [0.25, 0.3) is 0 Å². The molecule has 0 aliphatic heterocycles. The van der Waals surface area contributed by atoms with Crippen molar-refractivity contribution >= 4 is 103 Å². The SMILES string of the molecule is CC1(C)c2cc(-c3cccc4ccccc34)ccc2-c2ccc3c4c(ccc1c24)-c1ccccc1-3.CC1(C)c2ccccc2-c2ccc3c4c(ccc1c24)-c1ccccc1-3.Cc1cc(-c2ccc3c(c2)C(C)(C)c2ccc4c5c(ccc-3c25)-c2ccccc2-4)c2ccc3cc(C(C)(C)C)cc4ccc1c2c43.Cc1ccc(N(c2ccc(C)cc2)c2ccc3c(c2)C(C)(C)c2ccc4c5c(ccc-3c25)-c2ccc(C(C)(C)C)cc2-4)cc1. The molecule has 24 aromatic rings. The van der Waals surface area contributed by atoms with Gasteiger partial charge in [-0.2, -0.15) is 0 Å². The van der Waals surface area contributed by atoms with Crippen LogP contribution in [0.5, 0.6) is 0 Å². The highest BCUT2D eigenvalue weighted by molar-refractivity contribution is 6.29. The number of hydrogen-bond donors (Lipinski definition) is 0. The minimum absolute atomic E-state index is 0.0233. The molecule has 0 atom stereocenters. The molecule has 8 aliphatic carbocycles. The van der Waals surface area contributed by atoms with Gasteiger partial charge in [0, 0.05) is 38.7 Å². The molecule has 0 heterocycles. The summed E-state index contributed by atoms with van der Waals surface area (Å²) in [6, 6.07) is 152. The molecule has 0 amide bonds. The second kappa shape index (κ2) is 31.7. The van der Waals surface area contributed by atoms with Crippen LogP contribution in [-0.4, -0.2) is 0 Å². The Labute approximate surface area is 880 Å². The molecule has 0 saturated heterocycles. The standard InChI is InChI=1S/C46H36.C43H39N.C35H24.C25H18/c1-25-21-38(37-16-13-28-23-29(45(2,3)4)22-27-12-14-30(25)42(37)41(27)28)26-11-15-33-36-18-17-34-31-9-7-8-10-32(31)35-19-20-39(44(36)43(34)35)46(5,6)40(33)24-26;1-26-8-13-29(14-9-26)44(30-15-10-27(2)11-16-30)31-17-19-33-35-21-20-34-32-18-12-28(42(3,4)5)24-37(32)36-22-23-38(41(35)40(34)36)43(6,7)39(33)25-31;1-35(2)31-19-18-29-26-12-6-5-11-25(26)28-16-17-30(34(31)33(28)29)27-15-14-22(20-32(27)35)24-13-7-9-21-8-3-4-10-23(21)24;1-25(2)21-10-6-5-9-17(21)20-12-11-18-15-7-3-4-8-16(15)19-13-14-22(25)24(20)23(18)19/h7-24H,1-6H3;8-25H,1-7H3;3-20H,1-2H3;3-14H,1-2H3. The van der Waals surface area contributed by atoms with Crippen LogP contribution >= 0.6 is 0 Å². The zero-order valence-corrected chi connectivity index (χ0v) is 88.6. The summed E-state index contributed by atoms with van der Waals surface area (Å²) in [5.41, 5.74) is 59.5. The molecule has 8 aliphatic rings. The Balaban J connectivity index is 0.0000000958.